The number of aryl methyl sites for hydroxylation is 2. The van der Waals surface area contributed by atoms with Gasteiger partial charge < -0.3 is 21.4 Å². The van der Waals surface area contributed by atoms with E-state index in [1.165, 1.54) is 0 Å². The summed E-state index contributed by atoms with van der Waals surface area (Å²) in [6.07, 6.45) is 0. The lowest BCUT2D eigenvalue weighted by molar-refractivity contribution is 0.103. The molecule has 5 nitrogen and oxygen atoms in total. The van der Waals surface area contributed by atoms with Crippen LogP contribution in [-0.2, 0) is 0 Å². The number of nitrogen functional groups attached to an aromatic ring is 1. The van der Waals surface area contributed by atoms with Crippen molar-refractivity contribution in [3.8, 4) is 0 Å². The number of nitrogens with one attached hydrogen (secondary N) is 3. The van der Waals surface area contributed by atoms with Crippen molar-refractivity contribution >= 4 is 45.9 Å². The van der Waals surface area contributed by atoms with Crippen molar-refractivity contribution in [3.63, 3.8) is 0 Å². The van der Waals surface area contributed by atoms with Crippen LogP contribution in [0.25, 0.3) is 0 Å². The number of aromatic amines is 1. The molecule has 1 heterocycles. The molecule has 0 aliphatic carbocycles. The molecule has 0 aliphatic heterocycles. The van der Waals surface area contributed by atoms with E-state index in [4.69, 9.17) is 18.0 Å². The Hall–Kier alpha value is -3.90. The third-order valence-corrected chi connectivity index (χ3v) is 5.47. The Morgan fingerprint density at radius 3 is 2.06 bits per heavy atom. The van der Waals surface area contributed by atoms with Crippen LogP contribution in [0.2, 0.25) is 0 Å². The average molecular weight is 441 g/mol. The van der Waals surface area contributed by atoms with Gasteiger partial charge in [-0.15, -0.1) is 0 Å². The van der Waals surface area contributed by atoms with E-state index < -0.39 is 0 Å². The first-order valence-electron chi connectivity index (χ1n) is 10.3. The van der Waals surface area contributed by atoms with Gasteiger partial charge in [-0.1, -0.05) is 77.9 Å². The first-order chi connectivity index (χ1) is 15.4. The van der Waals surface area contributed by atoms with Crippen LogP contribution in [-0.4, -0.2) is 15.8 Å². The lowest BCUT2D eigenvalue weighted by Gasteiger charge is -2.12. The number of hydrogen-bond acceptors (Lipinski definition) is 4. The Balaban J connectivity index is 1.74. The molecule has 0 spiro atoms. The molecule has 0 saturated carbocycles. The molecule has 1 aromatic heterocycles. The van der Waals surface area contributed by atoms with E-state index >= 15 is 0 Å². The van der Waals surface area contributed by atoms with Gasteiger partial charge in [0.1, 0.15) is 16.5 Å². The zero-order chi connectivity index (χ0) is 22.7. The highest BCUT2D eigenvalue weighted by atomic mass is 32.1. The van der Waals surface area contributed by atoms with Gasteiger partial charge in [0.05, 0.1) is 11.3 Å². The van der Waals surface area contributed by atoms with Crippen molar-refractivity contribution in [2.75, 3.05) is 16.4 Å². The Bertz CT molecular complexity index is 1260. The Labute approximate surface area is 192 Å². The van der Waals surface area contributed by atoms with Crippen LogP contribution >= 0.6 is 12.2 Å². The van der Waals surface area contributed by atoms with Gasteiger partial charge in [0, 0.05) is 16.9 Å². The number of benzene rings is 3. The Morgan fingerprint density at radius 1 is 0.844 bits per heavy atom. The number of para-hydroxylation sites is 1. The van der Waals surface area contributed by atoms with E-state index in [9.17, 15) is 4.79 Å². The summed E-state index contributed by atoms with van der Waals surface area (Å²) in [6, 6.07) is 24.9. The summed E-state index contributed by atoms with van der Waals surface area (Å²) < 4.78 is 0. The highest BCUT2D eigenvalue weighted by Crippen LogP contribution is 2.31. The first-order valence-corrected chi connectivity index (χ1v) is 10.7. The normalized spacial score (nSPS) is 10.6. The summed E-state index contributed by atoms with van der Waals surface area (Å²) >= 11 is 5.69. The summed E-state index contributed by atoms with van der Waals surface area (Å²) in [4.78, 5) is 16.8. The summed E-state index contributed by atoms with van der Waals surface area (Å²) in [5, 5.41) is 6.54. The molecule has 0 amide bonds. The van der Waals surface area contributed by atoms with E-state index in [0.29, 0.717) is 33.3 Å². The monoisotopic (exact) mass is 440 g/mol. The predicted octanol–water partition coefficient (Wildman–Crippen LogP) is 5.98. The summed E-state index contributed by atoms with van der Waals surface area (Å²) in [5.41, 5.74) is 12.1. The Kier molecular flexibility index (Phi) is 6.05. The van der Waals surface area contributed by atoms with Gasteiger partial charge in [-0.3, -0.25) is 4.79 Å². The summed E-state index contributed by atoms with van der Waals surface area (Å²) in [5.74, 6) is 0.374. The van der Waals surface area contributed by atoms with Gasteiger partial charge >= 0.3 is 0 Å². The number of ketones is 1. The minimum atomic E-state index is -0.191. The molecule has 0 aliphatic rings. The minimum absolute atomic E-state index is 0.191. The molecule has 0 atom stereocenters. The second kappa shape index (κ2) is 9.08. The number of hydrogen-bond donors (Lipinski definition) is 4. The zero-order valence-corrected chi connectivity index (χ0v) is 18.7. The largest absolute Gasteiger partial charge is 0.396 e. The lowest BCUT2D eigenvalue weighted by Crippen LogP contribution is -2.14. The van der Waals surface area contributed by atoms with Crippen molar-refractivity contribution in [1.82, 2.24) is 4.98 Å². The van der Waals surface area contributed by atoms with Crippen molar-refractivity contribution in [2.24, 2.45) is 0 Å². The highest BCUT2D eigenvalue weighted by molar-refractivity contribution is 7.81. The van der Waals surface area contributed by atoms with E-state index in [-0.39, 0.29) is 5.78 Å². The molecule has 4 rings (SSSR count). The molecule has 3 aromatic carbocycles. The molecule has 6 heteroatoms. The molecule has 0 unspecified atom stereocenters. The molecule has 0 saturated heterocycles. The molecule has 0 bridgehead atoms. The second-order valence-corrected chi connectivity index (χ2v) is 8.08. The molecular formula is C26H24N4OS. The number of thiocarbonyl (C=S) groups is 1. The predicted molar refractivity (Wildman–Crippen MR) is 136 cm³/mol. The van der Waals surface area contributed by atoms with Gasteiger partial charge in [-0.2, -0.15) is 0 Å². The molecule has 0 fully saturated rings. The van der Waals surface area contributed by atoms with Crippen LogP contribution in [0.4, 0.5) is 22.9 Å². The average Bonchev–Trinajstić information content (AvgIpc) is 3.11. The van der Waals surface area contributed by atoms with E-state index in [1.807, 2.05) is 80.6 Å². The van der Waals surface area contributed by atoms with Gasteiger partial charge in [0.25, 0.3) is 0 Å². The Morgan fingerprint density at radius 2 is 1.44 bits per heavy atom. The number of nitrogens with two attached hydrogens (primary N) is 1. The quantitative estimate of drug-likeness (QED) is 0.219. The maximum absolute atomic E-state index is 13.2. The first kappa shape index (κ1) is 21.3. The second-order valence-electron chi connectivity index (χ2n) is 7.67. The van der Waals surface area contributed by atoms with Crippen LogP contribution in [0.3, 0.4) is 0 Å². The summed E-state index contributed by atoms with van der Waals surface area (Å²) in [6.45, 7) is 4.01. The van der Waals surface area contributed by atoms with Gasteiger partial charge in [-0.25, -0.2) is 0 Å². The topological polar surface area (TPSA) is 82.9 Å². The highest BCUT2D eigenvalue weighted by Gasteiger charge is 2.24. The molecular weight excluding hydrogens is 416 g/mol. The number of anilines is 4. The van der Waals surface area contributed by atoms with Crippen LogP contribution in [0, 0.1) is 13.8 Å². The van der Waals surface area contributed by atoms with Crippen molar-refractivity contribution in [2.45, 2.75) is 13.8 Å². The van der Waals surface area contributed by atoms with E-state index in [0.717, 1.165) is 22.5 Å². The maximum Gasteiger partial charge on any atom is 0.211 e. The van der Waals surface area contributed by atoms with Crippen LogP contribution in [0.5, 0.6) is 0 Å². The molecule has 0 radical (unpaired) electrons. The standard InChI is InChI=1S/C26H24N4OS/c1-16-8-12-18(13-9-16)24(31)23-22(27)21(26(32)29-19-6-4-3-5-7-19)25(30-23)28-20-14-10-17(2)11-15-20/h3-15,28,30H,27H2,1-2H3,(H,29,32). The fraction of sp³-hybridized carbons (Fsp3) is 0.0769. The maximum atomic E-state index is 13.2. The summed E-state index contributed by atoms with van der Waals surface area (Å²) in [7, 11) is 0. The number of H-pyrrole nitrogens is 1. The fourth-order valence-corrected chi connectivity index (χ4v) is 3.70. The fourth-order valence-electron chi connectivity index (χ4n) is 3.37. The molecule has 5 N–H and O–H groups in total. The SMILES string of the molecule is Cc1ccc(Nc2[nH]c(C(=O)c3ccc(C)cc3)c(N)c2C(=S)Nc2ccccc2)cc1. The number of rotatable bonds is 6. The zero-order valence-electron chi connectivity index (χ0n) is 17.9. The van der Waals surface area contributed by atoms with Gasteiger partial charge in [0.2, 0.25) is 5.78 Å². The van der Waals surface area contributed by atoms with Crippen molar-refractivity contribution in [1.29, 1.82) is 0 Å². The van der Waals surface area contributed by atoms with Gasteiger partial charge in [-0.05, 0) is 38.1 Å². The van der Waals surface area contributed by atoms with Crippen LogP contribution in [0.1, 0.15) is 32.7 Å². The van der Waals surface area contributed by atoms with Crippen LogP contribution in [0.15, 0.2) is 78.9 Å². The molecule has 160 valence electrons. The third kappa shape index (κ3) is 4.55. The molecule has 4 aromatic rings. The van der Waals surface area contributed by atoms with Crippen LogP contribution < -0.4 is 16.4 Å². The van der Waals surface area contributed by atoms with Crippen molar-refractivity contribution < 1.29 is 4.79 Å². The van der Waals surface area contributed by atoms with Gasteiger partial charge in [0.15, 0.2) is 0 Å². The van der Waals surface area contributed by atoms with E-state index in [2.05, 4.69) is 15.6 Å². The third-order valence-electron chi connectivity index (χ3n) is 5.16. The number of aromatic nitrogens is 1. The lowest BCUT2D eigenvalue weighted by atomic mass is 10.1. The minimum Gasteiger partial charge on any atom is -0.396 e. The van der Waals surface area contributed by atoms with Crippen molar-refractivity contribution in [3.05, 3.63) is 107 Å². The number of carbonyl (C=O) groups excluding carboxylic acids is 1. The number of carbonyl (C=O) groups is 1. The molecule has 32 heavy (non-hydrogen) atoms. The van der Waals surface area contributed by atoms with E-state index in [1.54, 1.807) is 12.1 Å². The smallest absolute Gasteiger partial charge is 0.211 e.